The minimum Gasteiger partial charge on any atom is -0.350 e. The maximum Gasteiger partial charge on any atom is 0.304 e. The molecule has 1 unspecified atom stereocenters. The van der Waals surface area contributed by atoms with Gasteiger partial charge in [-0.15, -0.1) is 0 Å². The molecule has 0 saturated carbocycles. The van der Waals surface area contributed by atoms with E-state index in [1.165, 1.54) is 0 Å². The number of carbonyl (C=O) groups excluding carboxylic acids is 1. The molecule has 102 valence electrons. The van der Waals surface area contributed by atoms with Gasteiger partial charge in [0, 0.05) is 23.2 Å². The van der Waals surface area contributed by atoms with Crippen LogP contribution in [-0.4, -0.2) is 22.5 Å². The van der Waals surface area contributed by atoms with Crippen LogP contribution in [0.5, 0.6) is 0 Å². The summed E-state index contributed by atoms with van der Waals surface area (Å²) in [6, 6.07) is -0.292. The summed E-state index contributed by atoms with van der Waals surface area (Å²) >= 11 is 1.13. The van der Waals surface area contributed by atoms with Gasteiger partial charge >= 0.3 is 4.87 Å². The van der Waals surface area contributed by atoms with Gasteiger partial charge in [-0.1, -0.05) is 18.3 Å². The van der Waals surface area contributed by atoms with Crippen LogP contribution in [-0.2, 0) is 11.3 Å². The van der Waals surface area contributed by atoms with Crippen LogP contribution in [0.25, 0.3) is 0 Å². The van der Waals surface area contributed by atoms with Crippen molar-refractivity contribution in [3.8, 4) is 0 Å². The molecule has 1 amide bonds. The minimum absolute atomic E-state index is 0.0283. The second-order valence-corrected chi connectivity index (χ2v) is 5.84. The number of carbonyl (C=O) groups is 1. The van der Waals surface area contributed by atoms with Gasteiger partial charge in [-0.2, -0.15) is 0 Å². The number of thiazole rings is 1. The van der Waals surface area contributed by atoms with Crippen LogP contribution in [0, 0.1) is 0 Å². The highest BCUT2D eigenvalue weighted by Gasteiger charge is 2.21. The fourth-order valence-corrected chi connectivity index (χ4v) is 1.87. The molecular weight excluding hydrogens is 250 g/mol. The van der Waals surface area contributed by atoms with E-state index in [-0.39, 0.29) is 22.4 Å². The molecule has 0 aliphatic carbocycles. The third-order valence-corrected chi connectivity index (χ3v) is 3.63. The lowest BCUT2D eigenvalue weighted by molar-refractivity contribution is -0.124. The van der Waals surface area contributed by atoms with Crippen molar-refractivity contribution in [3.63, 3.8) is 0 Å². The van der Waals surface area contributed by atoms with Crippen molar-refractivity contribution in [1.29, 1.82) is 0 Å². The predicted octanol–water partition coefficient (Wildman–Crippen LogP) is 1.22. The lowest BCUT2D eigenvalue weighted by Gasteiger charge is -2.26. The first-order valence-corrected chi connectivity index (χ1v) is 6.94. The normalized spacial score (nSPS) is 13.3. The molecule has 0 fully saturated rings. The Labute approximate surface area is 111 Å². The van der Waals surface area contributed by atoms with Gasteiger partial charge in [0.05, 0.1) is 6.04 Å². The van der Waals surface area contributed by atoms with Gasteiger partial charge in [0.1, 0.15) is 0 Å². The van der Waals surface area contributed by atoms with E-state index in [1.54, 1.807) is 5.38 Å². The monoisotopic (exact) mass is 271 g/mol. The standard InChI is InChI=1S/C12H21N3O2S/c1-5-12(3,4)15-10(16)8(2)13-6-9-7-18-11(17)14-9/h7-8,13H,5-6H2,1-4H3,(H,14,17)(H,15,16). The molecule has 0 spiro atoms. The number of H-pyrrole nitrogens is 1. The van der Waals surface area contributed by atoms with Crippen molar-refractivity contribution in [2.45, 2.75) is 52.2 Å². The Morgan fingerprint density at radius 3 is 2.72 bits per heavy atom. The van der Waals surface area contributed by atoms with Crippen LogP contribution in [0.4, 0.5) is 0 Å². The molecule has 0 radical (unpaired) electrons. The smallest absolute Gasteiger partial charge is 0.304 e. The third-order valence-electron chi connectivity index (χ3n) is 2.91. The lowest BCUT2D eigenvalue weighted by Crippen LogP contribution is -2.50. The van der Waals surface area contributed by atoms with Crippen molar-refractivity contribution in [2.75, 3.05) is 0 Å². The number of aromatic nitrogens is 1. The van der Waals surface area contributed by atoms with Gasteiger partial charge in [-0.05, 0) is 27.2 Å². The first-order chi connectivity index (χ1) is 8.34. The summed E-state index contributed by atoms with van der Waals surface area (Å²) in [4.78, 5) is 25.5. The number of hydrogen-bond acceptors (Lipinski definition) is 4. The topological polar surface area (TPSA) is 74.0 Å². The SMILES string of the molecule is CCC(C)(C)NC(=O)C(C)NCc1csc(=O)[nH]1. The summed E-state index contributed by atoms with van der Waals surface area (Å²) in [7, 11) is 0. The fourth-order valence-electron chi connectivity index (χ4n) is 1.29. The Hall–Kier alpha value is -1.14. The average Bonchev–Trinajstić information content (AvgIpc) is 2.71. The Kier molecular flexibility index (Phi) is 5.10. The van der Waals surface area contributed by atoms with E-state index in [0.717, 1.165) is 23.5 Å². The molecule has 1 aromatic heterocycles. The van der Waals surface area contributed by atoms with E-state index in [2.05, 4.69) is 15.6 Å². The molecule has 1 heterocycles. The number of hydrogen-bond donors (Lipinski definition) is 3. The Balaban J connectivity index is 2.43. The van der Waals surface area contributed by atoms with Crippen LogP contribution in [0.2, 0.25) is 0 Å². The molecule has 0 aliphatic heterocycles. The van der Waals surface area contributed by atoms with Gasteiger partial charge in [0.15, 0.2) is 0 Å². The van der Waals surface area contributed by atoms with Crippen LogP contribution in [0.3, 0.4) is 0 Å². The molecule has 1 aromatic rings. The van der Waals surface area contributed by atoms with Gasteiger partial charge in [-0.25, -0.2) is 0 Å². The zero-order valence-electron chi connectivity index (χ0n) is 11.3. The maximum atomic E-state index is 11.9. The van der Waals surface area contributed by atoms with Crippen LogP contribution in [0.1, 0.15) is 39.8 Å². The largest absolute Gasteiger partial charge is 0.350 e. The first-order valence-electron chi connectivity index (χ1n) is 6.06. The average molecular weight is 271 g/mol. The predicted molar refractivity (Wildman–Crippen MR) is 73.8 cm³/mol. The Morgan fingerprint density at radius 2 is 2.22 bits per heavy atom. The summed E-state index contributed by atoms with van der Waals surface area (Å²) < 4.78 is 0. The Morgan fingerprint density at radius 1 is 1.56 bits per heavy atom. The number of amides is 1. The molecule has 0 bridgehead atoms. The molecule has 0 aliphatic rings. The van der Waals surface area contributed by atoms with Gasteiger partial charge in [0.2, 0.25) is 5.91 Å². The van der Waals surface area contributed by atoms with Crippen molar-refractivity contribution in [1.82, 2.24) is 15.6 Å². The molecule has 1 rings (SSSR count). The third kappa shape index (κ3) is 4.62. The van der Waals surface area contributed by atoms with Crippen molar-refractivity contribution < 1.29 is 4.79 Å². The van der Waals surface area contributed by atoms with Crippen LogP contribution < -0.4 is 15.5 Å². The molecule has 6 heteroatoms. The summed E-state index contributed by atoms with van der Waals surface area (Å²) in [5.74, 6) is -0.0283. The first kappa shape index (κ1) is 14.9. The number of rotatable bonds is 6. The van der Waals surface area contributed by atoms with Crippen LogP contribution in [0.15, 0.2) is 10.2 Å². The van der Waals surface area contributed by atoms with Gasteiger partial charge in [0.25, 0.3) is 0 Å². The summed E-state index contributed by atoms with van der Waals surface area (Å²) in [6.07, 6.45) is 0.878. The van der Waals surface area contributed by atoms with Crippen molar-refractivity contribution in [3.05, 3.63) is 20.7 Å². The molecular formula is C12H21N3O2S. The van der Waals surface area contributed by atoms with E-state index in [9.17, 15) is 9.59 Å². The molecule has 0 saturated heterocycles. The minimum atomic E-state index is -0.292. The summed E-state index contributed by atoms with van der Waals surface area (Å²) in [5, 5.41) is 7.82. The van der Waals surface area contributed by atoms with E-state index in [0.29, 0.717) is 6.54 Å². The van der Waals surface area contributed by atoms with E-state index in [1.807, 2.05) is 27.7 Å². The summed E-state index contributed by atoms with van der Waals surface area (Å²) in [6.45, 7) is 8.32. The van der Waals surface area contributed by atoms with E-state index < -0.39 is 0 Å². The number of aromatic amines is 1. The molecule has 0 aromatic carbocycles. The molecule has 1 atom stereocenters. The van der Waals surface area contributed by atoms with E-state index in [4.69, 9.17) is 0 Å². The lowest BCUT2D eigenvalue weighted by atomic mass is 10.0. The molecule has 5 nitrogen and oxygen atoms in total. The van der Waals surface area contributed by atoms with Crippen LogP contribution >= 0.6 is 11.3 Å². The quantitative estimate of drug-likeness (QED) is 0.728. The molecule has 18 heavy (non-hydrogen) atoms. The molecule has 3 N–H and O–H groups in total. The van der Waals surface area contributed by atoms with Crippen molar-refractivity contribution >= 4 is 17.2 Å². The second kappa shape index (κ2) is 6.15. The van der Waals surface area contributed by atoms with Crippen molar-refractivity contribution in [2.24, 2.45) is 0 Å². The van der Waals surface area contributed by atoms with Gasteiger partial charge in [-0.3, -0.25) is 9.59 Å². The van der Waals surface area contributed by atoms with E-state index >= 15 is 0 Å². The summed E-state index contributed by atoms with van der Waals surface area (Å²) in [5.41, 5.74) is 0.614. The second-order valence-electron chi connectivity index (χ2n) is 5.00. The zero-order chi connectivity index (χ0) is 13.8. The van der Waals surface area contributed by atoms with Gasteiger partial charge < -0.3 is 15.6 Å². The highest BCUT2D eigenvalue weighted by molar-refractivity contribution is 7.07. The fraction of sp³-hybridized carbons (Fsp3) is 0.667. The Bertz CT molecular complexity index is 450. The maximum absolute atomic E-state index is 11.9. The highest BCUT2D eigenvalue weighted by Crippen LogP contribution is 2.07. The highest BCUT2D eigenvalue weighted by atomic mass is 32.1. The number of nitrogens with one attached hydrogen (secondary N) is 3. The zero-order valence-corrected chi connectivity index (χ0v) is 12.1.